The van der Waals surface area contributed by atoms with Gasteiger partial charge in [-0.3, -0.25) is 13.9 Å². The van der Waals surface area contributed by atoms with Crippen LogP contribution in [0.4, 0.5) is 0 Å². The van der Waals surface area contributed by atoms with Crippen LogP contribution in [-0.2, 0) is 20.6 Å². The van der Waals surface area contributed by atoms with Gasteiger partial charge in [-0.15, -0.1) is 0 Å². The summed E-state index contributed by atoms with van der Waals surface area (Å²) in [5.41, 5.74) is 1.85. The Hall–Kier alpha value is -2.80. The predicted octanol–water partition coefficient (Wildman–Crippen LogP) is 2.45. The number of benzene rings is 1. The van der Waals surface area contributed by atoms with Crippen molar-refractivity contribution in [1.29, 1.82) is 0 Å². The van der Waals surface area contributed by atoms with E-state index in [2.05, 4.69) is 23.3 Å². The van der Waals surface area contributed by atoms with Crippen LogP contribution in [0, 0.1) is 0 Å². The van der Waals surface area contributed by atoms with E-state index < -0.39 is 0 Å². The Morgan fingerprint density at radius 2 is 1.66 bits per heavy atom. The maximum absolute atomic E-state index is 13.0. The number of hydrogen-bond acceptors (Lipinski definition) is 4. The Bertz CT molecular complexity index is 1100. The number of ether oxygens (including phenoxy) is 1. The van der Waals surface area contributed by atoms with Crippen LogP contribution >= 0.6 is 0 Å². The molecule has 29 heavy (non-hydrogen) atoms. The first kappa shape index (κ1) is 20.9. The van der Waals surface area contributed by atoms with Crippen molar-refractivity contribution in [2.24, 2.45) is 14.1 Å². The molecule has 3 rings (SSSR count). The number of aromatic nitrogens is 3. The fraction of sp³-hybridized carbons (Fsp3) is 0.455. The number of hydrogen-bond donors (Lipinski definition) is 0. The zero-order valence-electron chi connectivity index (χ0n) is 17.9. The molecule has 0 aliphatic rings. The van der Waals surface area contributed by atoms with E-state index in [1.807, 2.05) is 30.5 Å². The minimum absolute atomic E-state index is 0.267. The predicted molar refractivity (Wildman–Crippen MR) is 117 cm³/mol. The van der Waals surface area contributed by atoms with E-state index in [9.17, 15) is 9.59 Å². The van der Waals surface area contributed by atoms with Gasteiger partial charge in [0.25, 0.3) is 5.56 Å². The standard InChI is InChI=1S/C22H30N4O3/c1-6-25(7-2)13-8-14-26-15-18-19(21(27)24(4)22(28)23(18)3)20(26)16-9-11-17(29-5)12-10-16/h9-12,15H,6-8,13-14H2,1-5H3. The Kier molecular flexibility index (Phi) is 6.27. The molecule has 0 atom stereocenters. The average Bonchev–Trinajstić information content (AvgIpc) is 3.13. The molecule has 3 aromatic rings. The molecule has 7 heteroatoms. The lowest BCUT2D eigenvalue weighted by molar-refractivity contribution is 0.293. The molecular formula is C22H30N4O3. The molecule has 0 spiro atoms. The molecule has 0 saturated heterocycles. The second-order valence-electron chi connectivity index (χ2n) is 7.25. The van der Waals surface area contributed by atoms with Crippen LogP contribution in [0.3, 0.4) is 0 Å². The average molecular weight is 399 g/mol. The molecule has 156 valence electrons. The van der Waals surface area contributed by atoms with E-state index >= 15 is 0 Å². The van der Waals surface area contributed by atoms with Gasteiger partial charge in [0.1, 0.15) is 5.75 Å². The first-order chi connectivity index (χ1) is 13.9. The number of methoxy groups -OCH3 is 1. The Balaban J connectivity index is 2.16. The fourth-order valence-electron chi connectivity index (χ4n) is 3.83. The molecule has 0 saturated carbocycles. The first-order valence-electron chi connectivity index (χ1n) is 10.1. The minimum Gasteiger partial charge on any atom is -0.497 e. The lowest BCUT2D eigenvalue weighted by Crippen LogP contribution is -2.36. The Labute approximate surface area is 170 Å². The van der Waals surface area contributed by atoms with Crippen molar-refractivity contribution in [3.05, 3.63) is 51.3 Å². The molecule has 0 N–H and O–H groups in total. The highest BCUT2D eigenvalue weighted by atomic mass is 16.5. The molecule has 1 aromatic carbocycles. The monoisotopic (exact) mass is 398 g/mol. The van der Waals surface area contributed by atoms with Gasteiger partial charge in [0.15, 0.2) is 0 Å². The van der Waals surface area contributed by atoms with Crippen molar-refractivity contribution < 1.29 is 4.74 Å². The van der Waals surface area contributed by atoms with Gasteiger partial charge in [-0.1, -0.05) is 13.8 Å². The van der Waals surface area contributed by atoms with E-state index in [0.29, 0.717) is 10.9 Å². The maximum atomic E-state index is 13.0. The van der Waals surface area contributed by atoms with E-state index in [1.54, 1.807) is 18.7 Å². The van der Waals surface area contributed by atoms with Crippen LogP contribution in [-0.4, -0.2) is 45.3 Å². The van der Waals surface area contributed by atoms with Crippen LogP contribution in [0.2, 0.25) is 0 Å². The van der Waals surface area contributed by atoms with Gasteiger partial charge in [0.2, 0.25) is 0 Å². The highest BCUT2D eigenvalue weighted by Crippen LogP contribution is 2.29. The third-order valence-electron chi connectivity index (χ3n) is 5.64. The zero-order valence-corrected chi connectivity index (χ0v) is 17.9. The number of nitrogens with zero attached hydrogens (tertiary/aromatic N) is 4. The van der Waals surface area contributed by atoms with Gasteiger partial charge in [-0.2, -0.15) is 0 Å². The van der Waals surface area contributed by atoms with Crippen molar-refractivity contribution in [3.8, 4) is 17.0 Å². The highest BCUT2D eigenvalue weighted by molar-refractivity contribution is 5.93. The van der Waals surface area contributed by atoms with Crippen LogP contribution in [0.15, 0.2) is 40.1 Å². The molecule has 0 unspecified atom stereocenters. The summed E-state index contributed by atoms with van der Waals surface area (Å²) < 4.78 is 10.1. The van der Waals surface area contributed by atoms with Crippen LogP contribution in [0.1, 0.15) is 20.3 Å². The van der Waals surface area contributed by atoms with Crippen LogP contribution in [0.5, 0.6) is 5.75 Å². The van der Waals surface area contributed by atoms with Gasteiger partial charge < -0.3 is 14.2 Å². The molecule has 0 aliphatic heterocycles. The molecule has 0 radical (unpaired) electrons. The number of rotatable bonds is 8. The molecule has 2 aromatic heterocycles. The second-order valence-corrected chi connectivity index (χ2v) is 7.25. The Morgan fingerprint density at radius 3 is 2.24 bits per heavy atom. The van der Waals surface area contributed by atoms with Crippen LogP contribution < -0.4 is 16.0 Å². The summed E-state index contributed by atoms with van der Waals surface area (Å²) in [7, 11) is 4.87. The normalized spacial score (nSPS) is 11.5. The van der Waals surface area contributed by atoms with Gasteiger partial charge >= 0.3 is 5.69 Å². The molecule has 0 amide bonds. The van der Waals surface area contributed by atoms with Gasteiger partial charge in [0.05, 0.1) is 23.7 Å². The van der Waals surface area contributed by atoms with E-state index in [0.717, 1.165) is 49.6 Å². The molecule has 0 fully saturated rings. The molecule has 7 nitrogen and oxygen atoms in total. The SMILES string of the molecule is CCN(CC)CCCn1cc2c(c1-c1ccc(OC)cc1)c(=O)n(C)c(=O)n2C. The summed E-state index contributed by atoms with van der Waals surface area (Å²) in [5.74, 6) is 0.762. The number of fused-ring (bicyclic) bond motifs is 1. The first-order valence-corrected chi connectivity index (χ1v) is 10.1. The van der Waals surface area contributed by atoms with E-state index in [4.69, 9.17) is 4.74 Å². The topological polar surface area (TPSA) is 61.4 Å². The highest BCUT2D eigenvalue weighted by Gasteiger charge is 2.19. The van der Waals surface area contributed by atoms with E-state index in [-0.39, 0.29) is 11.2 Å². The zero-order chi connectivity index (χ0) is 21.1. The van der Waals surface area contributed by atoms with Crippen molar-refractivity contribution >= 4 is 10.9 Å². The van der Waals surface area contributed by atoms with Gasteiger partial charge in [-0.25, -0.2) is 4.79 Å². The molecular weight excluding hydrogens is 368 g/mol. The largest absolute Gasteiger partial charge is 0.497 e. The fourth-order valence-corrected chi connectivity index (χ4v) is 3.83. The summed E-state index contributed by atoms with van der Waals surface area (Å²) in [4.78, 5) is 27.8. The quantitative estimate of drug-likeness (QED) is 0.585. The molecule has 0 bridgehead atoms. The van der Waals surface area contributed by atoms with Crippen molar-refractivity contribution in [2.75, 3.05) is 26.7 Å². The summed E-state index contributed by atoms with van der Waals surface area (Å²) >= 11 is 0. The van der Waals surface area contributed by atoms with Crippen molar-refractivity contribution in [1.82, 2.24) is 18.6 Å². The van der Waals surface area contributed by atoms with Crippen molar-refractivity contribution in [2.45, 2.75) is 26.8 Å². The number of aryl methyl sites for hydroxylation is 2. The summed E-state index contributed by atoms with van der Waals surface area (Å²) in [6.07, 6.45) is 2.89. The second kappa shape index (κ2) is 8.69. The molecule has 0 aliphatic carbocycles. The third-order valence-corrected chi connectivity index (χ3v) is 5.64. The van der Waals surface area contributed by atoms with Gasteiger partial charge in [0, 0.05) is 26.8 Å². The van der Waals surface area contributed by atoms with Crippen LogP contribution in [0.25, 0.3) is 22.2 Å². The molecule has 2 heterocycles. The summed E-state index contributed by atoms with van der Waals surface area (Å²) in [6, 6.07) is 7.69. The Morgan fingerprint density at radius 1 is 1.00 bits per heavy atom. The smallest absolute Gasteiger partial charge is 0.330 e. The lowest BCUT2D eigenvalue weighted by Gasteiger charge is -2.18. The van der Waals surface area contributed by atoms with Gasteiger partial charge in [-0.05, 0) is 55.9 Å². The lowest BCUT2D eigenvalue weighted by atomic mass is 10.1. The summed E-state index contributed by atoms with van der Waals surface area (Å²) in [6.45, 7) is 8.12. The van der Waals surface area contributed by atoms with E-state index in [1.165, 1.54) is 11.6 Å². The maximum Gasteiger partial charge on any atom is 0.330 e. The summed E-state index contributed by atoms with van der Waals surface area (Å²) in [5, 5.41) is 0.572. The minimum atomic E-state index is -0.316. The van der Waals surface area contributed by atoms with Crippen molar-refractivity contribution in [3.63, 3.8) is 0 Å². The third kappa shape index (κ3) is 3.87.